The van der Waals surface area contributed by atoms with Gasteiger partial charge in [0.1, 0.15) is 6.04 Å². The van der Waals surface area contributed by atoms with Crippen LogP contribution in [0.4, 0.5) is 0 Å². The summed E-state index contributed by atoms with van der Waals surface area (Å²) in [5.41, 5.74) is 6.84. The molecular weight excluding hydrogens is 236 g/mol. The van der Waals surface area contributed by atoms with Crippen molar-refractivity contribution in [2.75, 3.05) is 6.54 Å². The fourth-order valence-corrected chi connectivity index (χ4v) is 2.70. The Morgan fingerprint density at radius 2 is 1.89 bits per heavy atom. The monoisotopic (exact) mass is 260 g/mol. The molecule has 1 atom stereocenters. The summed E-state index contributed by atoms with van der Waals surface area (Å²) in [4.78, 5) is 12.0. The van der Waals surface area contributed by atoms with Gasteiger partial charge in [-0.05, 0) is 30.2 Å². The van der Waals surface area contributed by atoms with E-state index in [9.17, 15) is 4.79 Å². The molecule has 1 saturated carbocycles. The summed E-state index contributed by atoms with van der Waals surface area (Å²) in [6.07, 6.45) is 5.01. The second-order valence-corrected chi connectivity index (χ2v) is 5.76. The third kappa shape index (κ3) is 4.06. The molecule has 0 bridgehead atoms. The molecule has 1 fully saturated rings. The summed E-state index contributed by atoms with van der Waals surface area (Å²) >= 11 is 0. The van der Waals surface area contributed by atoms with Crippen LogP contribution in [0, 0.1) is 11.8 Å². The van der Waals surface area contributed by atoms with Crippen LogP contribution in [0.25, 0.3) is 0 Å². The van der Waals surface area contributed by atoms with Crippen LogP contribution in [0.15, 0.2) is 30.3 Å². The van der Waals surface area contributed by atoms with Crippen LogP contribution in [0.3, 0.4) is 0 Å². The molecular formula is C16H24N2O. The quantitative estimate of drug-likeness (QED) is 0.874. The lowest BCUT2D eigenvalue weighted by molar-refractivity contribution is -0.122. The Kier molecular flexibility index (Phi) is 4.97. The highest BCUT2D eigenvalue weighted by Gasteiger charge is 2.20. The number of carbonyl (C=O) groups is 1. The Labute approximate surface area is 115 Å². The van der Waals surface area contributed by atoms with Gasteiger partial charge in [-0.25, -0.2) is 0 Å². The highest BCUT2D eigenvalue weighted by Crippen LogP contribution is 2.27. The minimum atomic E-state index is -0.552. The average Bonchev–Trinajstić information content (AvgIpc) is 2.46. The average molecular weight is 260 g/mol. The second kappa shape index (κ2) is 6.71. The van der Waals surface area contributed by atoms with E-state index < -0.39 is 6.04 Å². The van der Waals surface area contributed by atoms with Gasteiger partial charge in [-0.3, -0.25) is 4.79 Å². The summed E-state index contributed by atoms with van der Waals surface area (Å²) < 4.78 is 0. The van der Waals surface area contributed by atoms with E-state index in [4.69, 9.17) is 5.73 Å². The number of nitrogens with one attached hydrogen (secondary N) is 1. The molecule has 1 aromatic rings. The number of hydrogen-bond acceptors (Lipinski definition) is 2. The Hall–Kier alpha value is -1.35. The van der Waals surface area contributed by atoms with Crippen LogP contribution in [0.5, 0.6) is 0 Å². The predicted molar refractivity (Wildman–Crippen MR) is 77.5 cm³/mol. The number of amides is 1. The van der Waals surface area contributed by atoms with E-state index in [0.717, 1.165) is 18.0 Å². The van der Waals surface area contributed by atoms with Crippen molar-refractivity contribution in [1.82, 2.24) is 5.32 Å². The predicted octanol–water partition coefficient (Wildman–Crippen LogP) is 2.63. The van der Waals surface area contributed by atoms with Gasteiger partial charge in [-0.2, -0.15) is 0 Å². The smallest absolute Gasteiger partial charge is 0.241 e. The van der Waals surface area contributed by atoms with Gasteiger partial charge < -0.3 is 11.1 Å². The first kappa shape index (κ1) is 14.1. The SMILES string of the molecule is CC1CCC(CNC(=O)C(N)c2ccccc2)CC1. The fourth-order valence-electron chi connectivity index (χ4n) is 2.70. The third-order valence-electron chi connectivity index (χ3n) is 4.14. The summed E-state index contributed by atoms with van der Waals surface area (Å²) in [7, 11) is 0. The zero-order valence-electron chi connectivity index (χ0n) is 11.6. The lowest BCUT2D eigenvalue weighted by Crippen LogP contribution is -2.37. The van der Waals surface area contributed by atoms with Crippen molar-refractivity contribution in [3.63, 3.8) is 0 Å². The van der Waals surface area contributed by atoms with Crippen molar-refractivity contribution < 1.29 is 4.79 Å². The van der Waals surface area contributed by atoms with Crippen LogP contribution in [0.1, 0.15) is 44.2 Å². The zero-order chi connectivity index (χ0) is 13.7. The molecule has 0 saturated heterocycles. The summed E-state index contributed by atoms with van der Waals surface area (Å²) in [5, 5.41) is 3.00. The number of benzene rings is 1. The van der Waals surface area contributed by atoms with E-state index in [0.29, 0.717) is 5.92 Å². The van der Waals surface area contributed by atoms with E-state index in [2.05, 4.69) is 12.2 Å². The first-order valence-corrected chi connectivity index (χ1v) is 7.25. The molecule has 3 N–H and O–H groups in total. The standard InChI is InChI=1S/C16H24N2O/c1-12-7-9-13(10-8-12)11-18-16(19)15(17)14-5-3-2-4-6-14/h2-6,12-13,15H,7-11,17H2,1H3,(H,18,19). The normalized spacial score (nSPS) is 24.7. The minimum absolute atomic E-state index is 0.0650. The van der Waals surface area contributed by atoms with Crippen LogP contribution >= 0.6 is 0 Å². The van der Waals surface area contributed by atoms with Crippen molar-refractivity contribution in [1.29, 1.82) is 0 Å². The highest BCUT2D eigenvalue weighted by molar-refractivity contribution is 5.82. The van der Waals surface area contributed by atoms with Crippen molar-refractivity contribution in [2.24, 2.45) is 17.6 Å². The molecule has 19 heavy (non-hydrogen) atoms. The molecule has 0 aromatic heterocycles. The van der Waals surface area contributed by atoms with Crippen LogP contribution in [0.2, 0.25) is 0 Å². The molecule has 1 unspecified atom stereocenters. The Balaban J connectivity index is 1.78. The van der Waals surface area contributed by atoms with Gasteiger partial charge in [-0.15, -0.1) is 0 Å². The maximum atomic E-state index is 12.0. The zero-order valence-corrected chi connectivity index (χ0v) is 11.6. The van der Waals surface area contributed by atoms with Crippen molar-refractivity contribution in [2.45, 2.75) is 38.6 Å². The van der Waals surface area contributed by atoms with E-state index in [1.54, 1.807) is 0 Å². The van der Waals surface area contributed by atoms with E-state index in [-0.39, 0.29) is 5.91 Å². The Bertz CT molecular complexity index is 396. The Morgan fingerprint density at radius 1 is 1.26 bits per heavy atom. The minimum Gasteiger partial charge on any atom is -0.354 e. The molecule has 3 heteroatoms. The summed E-state index contributed by atoms with van der Waals surface area (Å²) in [6.45, 7) is 3.08. The van der Waals surface area contributed by atoms with Gasteiger partial charge in [0.25, 0.3) is 0 Å². The van der Waals surface area contributed by atoms with Crippen LogP contribution < -0.4 is 11.1 Å². The first-order valence-electron chi connectivity index (χ1n) is 7.25. The van der Waals surface area contributed by atoms with Crippen LogP contribution in [-0.4, -0.2) is 12.5 Å². The van der Waals surface area contributed by atoms with Crippen molar-refractivity contribution in [3.8, 4) is 0 Å². The van der Waals surface area contributed by atoms with Crippen molar-refractivity contribution >= 4 is 5.91 Å². The molecule has 1 aromatic carbocycles. The third-order valence-corrected chi connectivity index (χ3v) is 4.14. The van der Waals surface area contributed by atoms with Gasteiger partial charge in [-0.1, -0.05) is 50.1 Å². The molecule has 0 spiro atoms. The topological polar surface area (TPSA) is 55.1 Å². The lowest BCUT2D eigenvalue weighted by Gasteiger charge is -2.26. The maximum Gasteiger partial charge on any atom is 0.241 e. The molecule has 1 amide bonds. The highest BCUT2D eigenvalue weighted by atomic mass is 16.2. The molecule has 2 rings (SSSR count). The van der Waals surface area contributed by atoms with E-state index in [1.165, 1.54) is 25.7 Å². The van der Waals surface area contributed by atoms with Gasteiger partial charge in [0.15, 0.2) is 0 Å². The number of carbonyl (C=O) groups excluding carboxylic acids is 1. The molecule has 104 valence electrons. The Morgan fingerprint density at radius 3 is 2.53 bits per heavy atom. The summed E-state index contributed by atoms with van der Waals surface area (Å²) in [5.74, 6) is 1.41. The van der Waals surface area contributed by atoms with Crippen LogP contribution in [-0.2, 0) is 4.79 Å². The molecule has 0 aliphatic heterocycles. The lowest BCUT2D eigenvalue weighted by atomic mass is 9.83. The molecule has 3 nitrogen and oxygen atoms in total. The molecule has 0 radical (unpaired) electrons. The van der Waals surface area contributed by atoms with Gasteiger partial charge in [0.2, 0.25) is 5.91 Å². The molecule has 1 aliphatic rings. The second-order valence-electron chi connectivity index (χ2n) is 5.76. The van der Waals surface area contributed by atoms with Gasteiger partial charge >= 0.3 is 0 Å². The number of hydrogen-bond donors (Lipinski definition) is 2. The van der Waals surface area contributed by atoms with E-state index in [1.807, 2.05) is 30.3 Å². The molecule has 1 aliphatic carbocycles. The maximum absolute atomic E-state index is 12.0. The van der Waals surface area contributed by atoms with Gasteiger partial charge in [0.05, 0.1) is 0 Å². The van der Waals surface area contributed by atoms with Gasteiger partial charge in [0, 0.05) is 6.54 Å². The fraction of sp³-hybridized carbons (Fsp3) is 0.562. The number of nitrogens with two attached hydrogens (primary N) is 1. The summed E-state index contributed by atoms with van der Waals surface area (Å²) in [6, 6.07) is 8.98. The number of rotatable bonds is 4. The molecule has 0 heterocycles. The first-order chi connectivity index (χ1) is 9.16. The largest absolute Gasteiger partial charge is 0.354 e. The van der Waals surface area contributed by atoms with E-state index >= 15 is 0 Å². The van der Waals surface area contributed by atoms with Crippen molar-refractivity contribution in [3.05, 3.63) is 35.9 Å².